The molecule has 1 heterocycles. The summed E-state index contributed by atoms with van der Waals surface area (Å²) < 4.78 is 5.72. The molecule has 0 saturated heterocycles. The molecule has 0 fully saturated rings. The van der Waals surface area contributed by atoms with Gasteiger partial charge in [0.1, 0.15) is 5.75 Å². The Morgan fingerprint density at radius 2 is 2.21 bits per heavy atom. The molecule has 0 saturated carbocycles. The Hall–Kier alpha value is -0.770. The Balaban J connectivity index is 2.37. The Bertz CT molecular complexity index is 456. The summed E-state index contributed by atoms with van der Waals surface area (Å²) in [6.07, 6.45) is 1.60. The van der Waals surface area contributed by atoms with Crippen LogP contribution >= 0.6 is 11.6 Å². The molecule has 1 aromatic carbocycles. The quantitative estimate of drug-likeness (QED) is 0.872. The first-order chi connectivity index (χ1) is 9.02. The van der Waals surface area contributed by atoms with Gasteiger partial charge in [-0.2, -0.15) is 0 Å². The summed E-state index contributed by atoms with van der Waals surface area (Å²) in [7, 11) is 0. The van der Waals surface area contributed by atoms with E-state index < -0.39 is 0 Å². The minimum Gasteiger partial charge on any atom is -0.493 e. The first-order valence-electron chi connectivity index (χ1n) is 6.77. The Kier molecular flexibility index (Phi) is 4.39. The van der Waals surface area contributed by atoms with Crippen LogP contribution in [0.4, 0.5) is 0 Å². The van der Waals surface area contributed by atoms with Crippen molar-refractivity contribution in [3.8, 4) is 5.75 Å². The van der Waals surface area contributed by atoms with Crippen molar-refractivity contribution in [2.45, 2.75) is 26.7 Å². The second-order valence-corrected chi connectivity index (χ2v) is 6.14. The Morgan fingerprint density at radius 3 is 2.79 bits per heavy atom. The predicted octanol–water partition coefficient (Wildman–Crippen LogP) is 2.41. The highest BCUT2D eigenvalue weighted by molar-refractivity contribution is 6.30. The van der Waals surface area contributed by atoms with Crippen molar-refractivity contribution in [1.29, 1.82) is 0 Å². The van der Waals surface area contributed by atoms with Crippen LogP contribution in [0.1, 0.15) is 25.0 Å². The third-order valence-corrected chi connectivity index (χ3v) is 4.53. The molecule has 0 bridgehead atoms. The number of hydrogen-bond acceptors (Lipinski definition) is 3. The lowest BCUT2D eigenvalue weighted by atomic mass is 9.73. The number of benzene rings is 1. The van der Waals surface area contributed by atoms with Gasteiger partial charge in [-0.25, -0.2) is 0 Å². The van der Waals surface area contributed by atoms with E-state index in [-0.39, 0.29) is 12.0 Å². The van der Waals surface area contributed by atoms with Gasteiger partial charge in [-0.05, 0) is 35.6 Å². The number of nitrogens with two attached hydrogens (primary N) is 1. The van der Waals surface area contributed by atoms with Gasteiger partial charge in [-0.15, -0.1) is 0 Å². The van der Waals surface area contributed by atoms with Crippen LogP contribution in [-0.2, 0) is 12.8 Å². The number of aliphatic hydroxyl groups is 1. The molecule has 106 valence electrons. The average Bonchev–Trinajstić information content (AvgIpc) is 2.83. The maximum absolute atomic E-state index is 9.77. The molecule has 1 unspecified atom stereocenters. The minimum absolute atomic E-state index is 0.0719. The van der Waals surface area contributed by atoms with Crippen molar-refractivity contribution in [2.24, 2.45) is 17.1 Å². The number of hydrogen-bond donors (Lipinski definition) is 2. The van der Waals surface area contributed by atoms with E-state index in [1.54, 1.807) is 0 Å². The topological polar surface area (TPSA) is 55.5 Å². The Labute approximate surface area is 119 Å². The van der Waals surface area contributed by atoms with Crippen molar-refractivity contribution in [2.75, 3.05) is 19.8 Å². The molecule has 0 aromatic heterocycles. The van der Waals surface area contributed by atoms with Crippen LogP contribution in [0.5, 0.6) is 5.75 Å². The van der Waals surface area contributed by atoms with Crippen LogP contribution in [0.3, 0.4) is 0 Å². The van der Waals surface area contributed by atoms with Gasteiger partial charge in [0.25, 0.3) is 0 Å². The molecule has 0 amide bonds. The van der Waals surface area contributed by atoms with Crippen LogP contribution in [0.25, 0.3) is 0 Å². The fourth-order valence-corrected chi connectivity index (χ4v) is 2.94. The van der Waals surface area contributed by atoms with E-state index in [2.05, 4.69) is 13.8 Å². The van der Waals surface area contributed by atoms with Crippen LogP contribution in [0.15, 0.2) is 12.1 Å². The fraction of sp³-hybridized carbons (Fsp3) is 0.600. The first-order valence-corrected chi connectivity index (χ1v) is 7.15. The largest absolute Gasteiger partial charge is 0.493 e. The number of halogens is 1. The van der Waals surface area contributed by atoms with Gasteiger partial charge in [0, 0.05) is 23.4 Å². The van der Waals surface area contributed by atoms with Crippen molar-refractivity contribution in [3.63, 3.8) is 0 Å². The highest BCUT2D eigenvalue weighted by Crippen LogP contribution is 2.38. The smallest absolute Gasteiger partial charge is 0.125 e. The summed E-state index contributed by atoms with van der Waals surface area (Å²) in [5.74, 6) is 1.23. The van der Waals surface area contributed by atoms with Gasteiger partial charge in [-0.1, -0.05) is 25.4 Å². The van der Waals surface area contributed by atoms with Crippen LogP contribution < -0.4 is 10.5 Å². The van der Waals surface area contributed by atoms with Gasteiger partial charge in [0.15, 0.2) is 0 Å². The van der Waals surface area contributed by atoms with Crippen molar-refractivity contribution < 1.29 is 9.84 Å². The van der Waals surface area contributed by atoms with E-state index in [0.29, 0.717) is 25.5 Å². The van der Waals surface area contributed by atoms with Gasteiger partial charge in [0.05, 0.1) is 13.2 Å². The third-order valence-electron chi connectivity index (χ3n) is 4.31. The molecule has 1 atom stereocenters. The number of fused-ring (bicyclic) bond motifs is 1. The number of aliphatic hydroxyl groups excluding tert-OH is 1. The molecule has 19 heavy (non-hydrogen) atoms. The van der Waals surface area contributed by atoms with E-state index in [9.17, 15) is 5.11 Å². The van der Waals surface area contributed by atoms with E-state index in [1.807, 2.05) is 12.1 Å². The number of rotatable bonds is 5. The minimum atomic E-state index is -0.315. The summed E-state index contributed by atoms with van der Waals surface area (Å²) >= 11 is 6.17. The Morgan fingerprint density at radius 1 is 1.47 bits per heavy atom. The highest BCUT2D eigenvalue weighted by Gasteiger charge is 2.34. The standard InChI is InChI=1S/C15H22ClNO2/c1-10(2)15(8-17,9-18)7-12-6-13(16)5-11-3-4-19-14(11)12/h5-6,10,18H,3-4,7-9,17H2,1-2H3. The molecule has 0 aliphatic carbocycles. The molecule has 3 nitrogen and oxygen atoms in total. The lowest BCUT2D eigenvalue weighted by Gasteiger charge is -2.35. The monoisotopic (exact) mass is 283 g/mol. The zero-order valence-corrected chi connectivity index (χ0v) is 12.3. The number of ether oxygens (including phenoxy) is 1. The second-order valence-electron chi connectivity index (χ2n) is 5.71. The van der Waals surface area contributed by atoms with E-state index in [1.165, 1.54) is 0 Å². The molecule has 2 rings (SSSR count). The van der Waals surface area contributed by atoms with Crippen molar-refractivity contribution in [1.82, 2.24) is 0 Å². The maximum Gasteiger partial charge on any atom is 0.125 e. The van der Waals surface area contributed by atoms with E-state index in [4.69, 9.17) is 22.1 Å². The van der Waals surface area contributed by atoms with Crippen molar-refractivity contribution in [3.05, 3.63) is 28.3 Å². The average molecular weight is 284 g/mol. The summed E-state index contributed by atoms with van der Waals surface area (Å²) in [5.41, 5.74) is 7.83. The molecule has 1 aromatic rings. The predicted molar refractivity (Wildman–Crippen MR) is 77.8 cm³/mol. The third kappa shape index (κ3) is 2.73. The molecule has 1 aliphatic heterocycles. The van der Waals surface area contributed by atoms with Crippen molar-refractivity contribution >= 4 is 11.6 Å². The van der Waals surface area contributed by atoms with Gasteiger partial charge < -0.3 is 15.6 Å². The summed E-state index contributed by atoms with van der Waals surface area (Å²) in [6.45, 7) is 5.41. The van der Waals surface area contributed by atoms with Crippen LogP contribution in [0.2, 0.25) is 5.02 Å². The fourth-order valence-electron chi connectivity index (χ4n) is 2.67. The highest BCUT2D eigenvalue weighted by atomic mass is 35.5. The lowest BCUT2D eigenvalue weighted by molar-refractivity contribution is 0.0836. The summed E-state index contributed by atoms with van der Waals surface area (Å²) in [4.78, 5) is 0. The molecule has 1 aliphatic rings. The molecule has 4 heteroatoms. The second kappa shape index (κ2) is 5.70. The zero-order chi connectivity index (χ0) is 14.0. The SMILES string of the molecule is CC(C)C(CN)(CO)Cc1cc(Cl)cc2c1OCC2. The zero-order valence-electron chi connectivity index (χ0n) is 11.6. The molecular formula is C15H22ClNO2. The summed E-state index contributed by atoms with van der Waals surface area (Å²) in [5, 5.41) is 10.5. The van der Waals surface area contributed by atoms with Gasteiger partial charge >= 0.3 is 0 Å². The first kappa shape index (κ1) is 14.6. The van der Waals surface area contributed by atoms with Gasteiger partial charge in [0.2, 0.25) is 0 Å². The lowest BCUT2D eigenvalue weighted by Crippen LogP contribution is -2.41. The molecule has 0 radical (unpaired) electrons. The van der Waals surface area contributed by atoms with Crippen LogP contribution in [0, 0.1) is 11.3 Å². The normalized spacial score (nSPS) is 17.2. The molecule has 3 N–H and O–H groups in total. The van der Waals surface area contributed by atoms with Crippen LogP contribution in [-0.4, -0.2) is 24.9 Å². The maximum atomic E-state index is 9.77. The van der Waals surface area contributed by atoms with Gasteiger partial charge in [-0.3, -0.25) is 0 Å². The summed E-state index contributed by atoms with van der Waals surface area (Å²) in [6, 6.07) is 3.90. The molecular weight excluding hydrogens is 262 g/mol. The molecule has 0 spiro atoms. The van der Waals surface area contributed by atoms with E-state index in [0.717, 1.165) is 28.3 Å². The van der Waals surface area contributed by atoms with E-state index >= 15 is 0 Å².